The van der Waals surface area contributed by atoms with Crippen molar-refractivity contribution < 1.29 is 13.2 Å². The van der Waals surface area contributed by atoms with Crippen molar-refractivity contribution >= 4 is 43.5 Å². The molecule has 0 aliphatic rings. The molecule has 112 valence electrons. The molecule has 6 nitrogen and oxygen atoms in total. The molecule has 0 amide bonds. The van der Waals surface area contributed by atoms with Crippen molar-refractivity contribution in [1.82, 2.24) is 9.97 Å². The number of hydrogen-bond donors (Lipinski definition) is 1. The van der Waals surface area contributed by atoms with E-state index in [9.17, 15) is 8.42 Å². The quantitative estimate of drug-likeness (QED) is 0.809. The number of hydrogen-bond acceptors (Lipinski definition) is 5. The molecule has 0 radical (unpaired) electrons. The zero-order valence-corrected chi connectivity index (χ0v) is 14.3. The van der Waals surface area contributed by atoms with Gasteiger partial charge in [-0.25, -0.2) is 23.1 Å². The van der Waals surface area contributed by atoms with Crippen LogP contribution in [-0.4, -0.2) is 25.5 Å². The minimum absolute atomic E-state index is 0.0522. The third kappa shape index (κ3) is 3.84. The summed E-state index contributed by atoms with van der Waals surface area (Å²) in [7, 11) is -2.32. The number of sulfonamides is 1. The summed E-state index contributed by atoms with van der Waals surface area (Å²) in [6.45, 7) is 1.69. The number of aromatic nitrogens is 2. The number of halogens is 2. The second kappa shape index (κ2) is 6.17. The largest absolute Gasteiger partial charge is 0.496 e. The normalized spacial score (nSPS) is 11.2. The highest BCUT2D eigenvalue weighted by atomic mass is 79.9. The topological polar surface area (TPSA) is 81.2 Å². The molecule has 1 aromatic carbocycles. The minimum Gasteiger partial charge on any atom is -0.496 e. The third-order valence-corrected chi connectivity index (χ3v) is 4.62. The van der Waals surface area contributed by atoms with E-state index >= 15 is 0 Å². The zero-order chi connectivity index (χ0) is 15.6. The number of nitrogens with one attached hydrogen (secondary N) is 1. The average molecular weight is 393 g/mol. The van der Waals surface area contributed by atoms with Gasteiger partial charge in [-0.05, 0) is 47.1 Å². The Bertz CT molecular complexity index is 763. The lowest BCUT2D eigenvalue weighted by Crippen LogP contribution is -2.15. The standard InChI is InChI=1S/C12H11BrClN3O3S/c1-7-5-11(14)16-12(15-7)17-21(18,19)8-3-4-10(20-2)9(13)6-8/h3-6H,1-2H3,(H,15,16,17). The molecule has 0 fully saturated rings. The van der Waals surface area contributed by atoms with Gasteiger partial charge in [-0.3, -0.25) is 0 Å². The first kappa shape index (κ1) is 16.0. The molecule has 0 spiro atoms. The third-order valence-electron chi connectivity index (χ3n) is 2.48. The molecule has 2 aromatic rings. The summed E-state index contributed by atoms with van der Waals surface area (Å²) in [5, 5.41) is 0.163. The summed E-state index contributed by atoms with van der Waals surface area (Å²) in [6, 6.07) is 5.92. The number of methoxy groups -OCH3 is 1. The monoisotopic (exact) mass is 391 g/mol. The molecule has 2 rings (SSSR count). The highest BCUT2D eigenvalue weighted by Crippen LogP contribution is 2.28. The number of rotatable bonds is 4. The molecular weight excluding hydrogens is 382 g/mol. The maximum atomic E-state index is 12.3. The number of ether oxygens (including phenoxy) is 1. The fourth-order valence-electron chi connectivity index (χ4n) is 1.57. The van der Waals surface area contributed by atoms with Crippen molar-refractivity contribution in [2.75, 3.05) is 11.8 Å². The molecular formula is C12H11BrClN3O3S. The van der Waals surface area contributed by atoms with Crippen molar-refractivity contribution in [2.24, 2.45) is 0 Å². The van der Waals surface area contributed by atoms with E-state index in [0.717, 1.165) is 0 Å². The number of benzene rings is 1. The Kier molecular flexibility index (Phi) is 4.70. The van der Waals surface area contributed by atoms with Gasteiger partial charge in [0, 0.05) is 5.69 Å². The molecule has 9 heteroatoms. The van der Waals surface area contributed by atoms with E-state index in [4.69, 9.17) is 16.3 Å². The van der Waals surface area contributed by atoms with Gasteiger partial charge in [0.2, 0.25) is 5.95 Å². The van der Waals surface area contributed by atoms with Crippen LogP contribution in [0.1, 0.15) is 5.69 Å². The van der Waals surface area contributed by atoms with E-state index in [-0.39, 0.29) is 16.0 Å². The number of anilines is 1. The Hall–Kier alpha value is -1.38. The minimum atomic E-state index is -3.81. The summed E-state index contributed by atoms with van der Waals surface area (Å²) in [6.07, 6.45) is 0. The molecule has 0 bridgehead atoms. The molecule has 0 atom stereocenters. The number of aryl methyl sites for hydroxylation is 1. The van der Waals surface area contributed by atoms with E-state index in [1.165, 1.54) is 25.3 Å². The Morgan fingerprint density at radius 3 is 2.57 bits per heavy atom. The van der Waals surface area contributed by atoms with Crippen LogP contribution in [0, 0.1) is 6.92 Å². The molecule has 0 aliphatic heterocycles. The van der Waals surface area contributed by atoms with Gasteiger partial charge >= 0.3 is 0 Å². The molecule has 1 heterocycles. The number of nitrogens with zero attached hydrogens (tertiary/aromatic N) is 2. The molecule has 0 aliphatic carbocycles. The first-order valence-electron chi connectivity index (χ1n) is 5.69. The van der Waals surface area contributed by atoms with E-state index in [0.29, 0.717) is 15.9 Å². The summed E-state index contributed by atoms with van der Waals surface area (Å²) in [5.41, 5.74) is 0.559. The van der Waals surface area contributed by atoms with E-state index in [1.54, 1.807) is 13.0 Å². The van der Waals surface area contributed by atoms with Gasteiger partial charge < -0.3 is 4.74 Å². The Balaban J connectivity index is 2.36. The van der Waals surface area contributed by atoms with Gasteiger partial charge in [0.15, 0.2) is 0 Å². The maximum Gasteiger partial charge on any atom is 0.264 e. The molecule has 1 aromatic heterocycles. The van der Waals surface area contributed by atoms with E-state index < -0.39 is 10.0 Å². The van der Waals surface area contributed by atoms with Crippen LogP contribution in [0.2, 0.25) is 5.15 Å². The average Bonchev–Trinajstić information content (AvgIpc) is 2.36. The van der Waals surface area contributed by atoms with Gasteiger partial charge in [0.1, 0.15) is 10.9 Å². The smallest absolute Gasteiger partial charge is 0.264 e. The van der Waals surface area contributed by atoms with Gasteiger partial charge in [0.05, 0.1) is 16.5 Å². The lowest BCUT2D eigenvalue weighted by atomic mass is 10.3. The summed E-state index contributed by atoms with van der Waals surface area (Å²) in [5.74, 6) is 0.454. The first-order chi connectivity index (χ1) is 9.81. The van der Waals surface area contributed by atoms with Crippen LogP contribution in [0.4, 0.5) is 5.95 Å². The van der Waals surface area contributed by atoms with Crippen LogP contribution < -0.4 is 9.46 Å². The summed E-state index contributed by atoms with van der Waals surface area (Å²) >= 11 is 9.02. The first-order valence-corrected chi connectivity index (χ1v) is 8.35. The fraction of sp³-hybridized carbons (Fsp3) is 0.167. The van der Waals surface area contributed by atoms with Crippen LogP contribution in [0.15, 0.2) is 33.6 Å². The fourth-order valence-corrected chi connectivity index (χ4v) is 3.47. The van der Waals surface area contributed by atoms with Crippen LogP contribution in [-0.2, 0) is 10.0 Å². The molecule has 21 heavy (non-hydrogen) atoms. The highest BCUT2D eigenvalue weighted by Gasteiger charge is 2.17. The molecule has 1 N–H and O–H groups in total. The highest BCUT2D eigenvalue weighted by molar-refractivity contribution is 9.10. The van der Waals surface area contributed by atoms with Crippen LogP contribution in [0.3, 0.4) is 0 Å². The van der Waals surface area contributed by atoms with Crippen molar-refractivity contribution in [2.45, 2.75) is 11.8 Å². The van der Waals surface area contributed by atoms with Crippen LogP contribution in [0.5, 0.6) is 5.75 Å². The van der Waals surface area contributed by atoms with Gasteiger partial charge in [-0.15, -0.1) is 0 Å². The molecule has 0 unspecified atom stereocenters. The second-order valence-corrected chi connectivity index (χ2v) is 6.98. The molecule has 0 saturated heterocycles. The van der Waals surface area contributed by atoms with Crippen molar-refractivity contribution in [3.05, 3.63) is 39.6 Å². The van der Waals surface area contributed by atoms with Gasteiger partial charge in [-0.2, -0.15) is 0 Å². The summed E-state index contributed by atoms with van der Waals surface area (Å²) in [4.78, 5) is 7.86. The lowest BCUT2D eigenvalue weighted by molar-refractivity contribution is 0.411. The SMILES string of the molecule is COc1ccc(S(=O)(=O)Nc2nc(C)cc(Cl)n2)cc1Br. The Morgan fingerprint density at radius 1 is 1.29 bits per heavy atom. The van der Waals surface area contributed by atoms with Gasteiger partial charge in [-0.1, -0.05) is 11.6 Å². The van der Waals surface area contributed by atoms with E-state index in [1.807, 2.05) is 0 Å². The lowest BCUT2D eigenvalue weighted by Gasteiger charge is -2.09. The van der Waals surface area contributed by atoms with Crippen LogP contribution in [0.25, 0.3) is 0 Å². The van der Waals surface area contributed by atoms with Crippen LogP contribution >= 0.6 is 27.5 Å². The molecule has 0 saturated carbocycles. The zero-order valence-electron chi connectivity index (χ0n) is 11.1. The Morgan fingerprint density at radius 2 is 2.00 bits per heavy atom. The van der Waals surface area contributed by atoms with Crippen molar-refractivity contribution in [3.63, 3.8) is 0 Å². The Labute approximate surface area is 135 Å². The van der Waals surface area contributed by atoms with E-state index in [2.05, 4.69) is 30.6 Å². The van der Waals surface area contributed by atoms with Crippen molar-refractivity contribution in [3.8, 4) is 5.75 Å². The second-order valence-electron chi connectivity index (χ2n) is 4.06. The van der Waals surface area contributed by atoms with Gasteiger partial charge in [0.25, 0.3) is 10.0 Å². The maximum absolute atomic E-state index is 12.3. The summed E-state index contributed by atoms with van der Waals surface area (Å²) < 4.78 is 32.4. The van der Waals surface area contributed by atoms with Crippen molar-refractivity contribution in [1.29, 1.82) is 0 Å². The predicted molar refractivity (Wildman–Crippen MR) is 83.3 cm³/mol. The predicted octanol–water partition coefficient (Wildman–Crippen LogP) is 3.01.